The summed E-state index contributed by atoms with van der Waals surface area (Å²) in [4.78, 5) is 30.5. The van der Waals surface area contributed by atoms with Gasteiger partial charge >= 0.3 is 0 Å². The summed E-state index contributed by atoms with van der Waals surface area (Å²) in [5, 5.41) is 1.04. The van der Waals surface area contributed by atoms with Gasteiger partial charge in [-0.3, -0.25) is 4.79 Å². The standard InChI is InChI=1S/C21H28N6O/c1-4-19(28)25(3)16-7-8-17-18(15-16)22-21(27-13-11-24(2)12-14-27)23-20(17)26-9-5-6-10-26/h4,7-8,15H,1,5-6,9-14H2,2-3H3. The first-order chi connectivity index (χ1) is 13.6. The maximum absolute atomic E-state index is 12.0. The average Bonchev–Trinajstić information content (AvgIpc) is 3.26. The van der Waals surface area contributed by atoms with E-state index >= 15 is 0 Å². The Kier molecular flexibility index (Phi) is 5.17. The molecule has 7 heteroatoms. The quantitative estimate of drug-likeness (QED) is 0.758. The van der Waals surface area contributed by atoms with Gasteiger partial charge in [-0.15, -0.1) is 0 Å². The lowest BCUT2D eigenvalue weighted by Gasteiger charge is -2.33. The molecule has 2 aliphatic heterocycles. The minimum Gasteiger partial charge on any atom is -0.356 e. The fraction of sp³-hybridized carbons (Fsp3) is 0.476. The minimum absolute atomic E-state index is 0.132. The monoisotopic (exact) mass is 380 g/mol. The second-order valence-electron chi connectivity index (χ2n) is 7.63. The summed E-state index contributed by atoms with van der Waals surface area (Å²) in [7, 11) is 3.90. The van der Waals surface area contributed by atoms with Gasteiger partial charge < -0.3 is 19.6 Å². The summed E-state index contributed by atoms with van der Waals surface area (Å²) in [6.45, 7) is 9.52. The number of hydrogen-bond donors (Lipinski definition) is 0. The summed E-state index contributed by atoms with van der Waals surface area (Å²) in [5.74, 6) is 1.67. The smallest absolute Gasteiger partial charge is 0.250 e. The molecule has 0 spiro atoms. The maximum Gasteiger partial charge on any atom is 0.250 e. The predicted octanol–water partition coefficient (Wildman–Crippen LogP) is 2.13. The van der Waals surface area contributed by atoms with Crippen molar-refractivity contribution < 1.29 is 4.79 Å². The molecule has 2 saturated heterocycles. The molecule has 0 bridgehead atoms. The van der Waals surface area contributed by atoms with Gasteiger partial charge in [-0.25, -0.2) is 4.98 Å². The summed E-state index contributed by atoms with van der Waals surface area (Å²) < 4.78 is 0. The molecule has 0 radical (unpaired) electrons. The third kappa shape index (κ3) is 3.54. The number of carbonyl (C=O) groups is 1. The Morgan fingerprint density at radius 3 is 2.46 bits per heavy atom. The zero-order chi connectivity index (χ0) is 19.7. The highest BCUT2D eigenvalue weighted by Crippen LogP contribution is 2.31. The van der Waals surface area contributed by atoms with Gasteiger partial charge in [0.1, 0.15) is 5.82 Å². The highest BCUT2D eigenvalue weighted by molar-refractivity contribution is 6.02. The molecule has 2 fully saturated rings. The molecule has 1 aromatic heterocycles. The van der Waals surface area contributed by atoms with Crippen LogP contribution >= 0.6 is 0 Å². The molecule has 0 atom stereocenters. The predicted molar refractivity (Wildman–Crippen MR) is 114 cm³/mol. The fourth-order valence-corrected chi connectivity index (χ4v) is 3.88. The van der Waals surface area contributed by atoms with E-state index in [9.17, 15) is 4.79 Å². The Morgan fingerprint density at radius 2 is 1.79 bits per heavy atom. The van der Waals surface area contributed by atoms with Crippen LogP contribution in [0.1, 0.15) is 12.8 Å². The number of carbonyl (C=O) groups excluding carboxylic acids is 1. The Bertz CT molecular complexity index is 884. The van der Waals surface area contributed by atoms with Gasteiger partial charge in [0.05, 0.1) is 5.52 Å². The van der Waals surface area contributed by atoms with E-state index in [2.05, 4.69) is 28.3 Å². The Labute approximate surface area is 166 Å². The fourth-order valence-electron chi connectivity index (χ4n) is 3.88. The van der Waals surface area contributed by atoms with Crippen molar-refractivity contribution in [2.45, 2.75) is 12.8 Å². The van der Waals surface area contributed by atoms with Crippen LogP contribution in [0.4, 0.5) is 17.5 Å². The Hall–Kier alpha value is -2.67. The SMILES string of the molecule is C=CC(=O)N(C)c1ccc2c(N3CCCC3)nc(N3CCN(C)CC3)nc2c1. The van der Waals surface area contributed by atoms with Crippen molar-refractivity contribution in [3.63, 3.8) is 0 Å². The van der Waals surface area contributed by atoms with Crippen molar-refractivity contribution in [1.82, 2.24) is 14.9 Å². The molecule has 1 amide bonds. The molecule has 28 heavy (non-hydrogen) atoms. The number of benzene rings is 1. The minimum atomic E-state index is -0.132. The van der Waals surface area contributed by atoms with Crippen LogP contribution in [0.25, 0.3) is 10.9 Å². The van der Waals surface area contributed by atoms with Gasteiger partial charge in [0, 0.05) is 57.4 Å². The van der Waals surface area contributed by atoms with Crippen LogP contribution in [-0.4, -0.2) is 74.1 Å². The molecular formula is C21H28N6O. The van der Waals surface area contributed by atoms with Gasteiger partial charge in [0.2, 0.25) is 11.9 Å². The topological polar surface area (TPSA) is 55.8 Å². The molecule has 1 aromatic carbocycles. The second-order valence-corrected chi connectivity index (χ2v) is 7.63. The number of amides is 1. The van der Waals surface area contributed by atoms with Crippen LogP contribution in [-0.2, 0) is 4.79 Å². The van der Waals surface area contributed by atoms with Gasteiger partial charge in [-0.1, -0.05) is 6.58 Å². The molecule has 2 aliphatic rings. The zero-order valence-electron chi connectivity index (χ0n) is 16.8. The van der Waals surface area contributed by atoms with Crippen molar-refractivity contribution in [3.05, 3.63) is 30.9 Å². The summed E-state index contributed by atoms with van der Waals surface area (Å²) >= 11 is 0. The molecule has 4 rings (SSSR count). The maximum atomic E-state index is 12.0. The number of anilines is 3. The van der Waals surface area contributed by atoms with Gasteiger partial charge in [-0.2, -0.15) is 4.98 Å². The molecule has 0 saturated carbocycles. The van der Waals surface area contributed by atoms with E-state index in [0.29, 0.717) is 0 Å². The molecule has 0 N–H and O–H groups in total. The van der Waals surface area contributed by atoms with Crippen molar-refractivity contribution >= 4 is 34.3 Å². The number of nitrogens with zero attached hydrogens (tertiary/aromatic N) is 6. The lowest BCUT2D eigenvalue weighted by atomic mass is 10.2. The molecule has 2 aromatic rings. The Morgan fingerprint density at radius 1 is 1.07 bits per heavy atom. The largest absolute Gasteiger partial charge is 0.356 e. The summed E-state index contributed by atoms with van der Waals surface area (Å²) in [6, 6.07) is 5.98. The highest BCUT2D eigenvalue weighted by Gasteiger charge is 2.22. The highest BCUT2D eigenvalue weighted by atomic mass is 16.2. The van der Waals surface area contributed by atoms with E-state index in [1.165, 1.54) is 18.9 Å². The van der Waals surface area contributed by atoms with Crippen LogP contribution < -0.4 is 14.7 Å². The van der Waals surface area contributed by atoms with Gasteiger partial charge in [-0.05, 0) is 44.2 Å². The van der Waals surface area contributed by atoms with Crippen LogP contribution in [0.5, 0.6) is 0 Å². The summed E-state index contributed by atoms with van der Waals surface area (Å²) in [5.41, 5.74) is 1.69. The molecule has 148 valence electrons. The van der Waals surface area contributed by atoms with E-state index in [-0.39, 0.29) is 5.91 Å². The number of hydrogen-bond acceptors (Lipinski definition) is 6. The lowest BCUT2D eigenvalue weighted by molar-refractivity contribution is -0.113. The van der Waals surface area contributed by atoms with E-state index in [4.69, 9.17) is 9.97 Å². The van der Waals surface area contributed by atoms with E-state index < -0.39 is 0 Å². The van der Waals surface area contributed by atoms with Crippen molar-refractivity contribution in [2.24, 2.45) is 0 Å². The van der Waals surface area contributed by atoms with Crippen LogP contribution in [0, 0.1) is 0 Å². The summed E-state index contributed by atoms with van der Waals surface area (Å²) in [6.07, 6.45) is 3.73. The number of likely N-dealkylation sites (N-methyl/N-ethyl adjacent to an activating group) is 2. The first-order valence-corrected chi connectivity index (χ1v) is 9.97. The van der Waals surface area contributed by atoms with Gasteiger partial charge in [0.15, 0.2) is 0 Å². The van der Waals surface area contributed by atoms with Crippen molar-refractivity contribution in [3.8, 4) is 0 Å². The second kappa shape index (κ2) is 7.75. The third-order valence-electron chi connectivity index (χ3n) is 5.73. The van der Waals surface area contributed by atoms with Crippen LogP contribution in [0.2, 0.25) is 0 Å². The van der Waals surface area contributed by atoms with Crippen LogP contribution in [0.3, 0.4) is 0 Å². The Balaban J connectivity index is 1.78. The number of aromatic nitrogens is 2. The first-order valence-electron chi connectivity index (χ1n) is 9.97. The average molecular weight is 380 g/mol. The third-order valence-corrected chi connectivity index (χ3v) is 5.73. The van der Waals surface area contributed by atoms with Gasteiger partial charge in [0.25, 0.3) is 0 Å². The number of rotatable bonds is 4. The number of piperazine rings is 1. The molecule has 3 heterocycles. The van der Waals surface area contributed by atoms with E-state index in [0.717, 1.165) is 67.6 Å². The number of fused-ring (bicyclic) bond motifs is 1. The zero-order valence-corrected chi connectivity index (χ0v) is 16.8. The van der Waals surface area contributed by atoms with Crippen molar-refractivity contribution in [2.75, 3.05) is 68.1 Å². The normalized spacial score (nSPS) is 17.9. The van der Waals surface area contributed by atoms with E-state index in [1.54, 1.807) is 11.9 Å². The molecular weight excluding hydrogens is 352 g/mol. The van der Waals surface area contributed by atoms with Crippen molar-refractivity contribution in [1.29, 1.82) is 0 Å². The molecule has 0 unspecified atom stereocenters. The first kappa shape index (κ1) is 18.7. The van der Waals surface area contributed by atoms with Crippen LogP contribution in [0.15, 0.2) is 30.9 Å². The molecule has 7 nitrogen and oxygen atoms in total. The lowest BCUT2D eigenvalue weighted by Crippen LogP contribution is -2.45. The van der Waals surface area contributed by atoms with E-state index in [1.807, 2.05) is 18.2 Å². The molecule has 0 aliphatic carbocycles.